The van der Waals surface area contributed by atoms with E-state index in [0.717, 1.165) is 0 Å². The molecule has 0 radical (unpaired) electrons. The second kappa shape index (κ2) is 15.0. The number of carbonyl (C=O) groups is 5. The number of methoxy groups -OCH3 is 3. The number of hydrogen-bond donors (Lipinski definition) is 1. The van der Waals surface area contributed by atoms with Crippen LogP contribution in [0.3, 0.4) is 0 Å². The molecule has 2 amide bonds. The number of aliphatic hydroxyl groups is 1. The summed E-state index contributed by atoms with van der Waals surface area (Å²) in [6, 6.07) is 17.2. The van der Waals surface area contributed by atoms with E-state index in [1.807, 2.05) is 0 Å². The molecule has 0 saturated carbocycles. The molecule has 0 saturated heterocycles. The molecule has 4 atom stereocenters. The van der Waals surface area contributed by atoms with Gasteiger partial charge in [0.05, 0.1) is 38.0 Å². The van der Waals surface area contributed by atoms with Crippen molar-refractivity contribution in [3.63, 3.8) is 0 Å². The second-order valence-electron chi connectivity index (χ2n) is 13.4. The van der Waals surface area contributed by atoms with Crippen LogP contribution in [0.15, 0.2) is 66.7 Å². The molecule has 296 valence electrons. The molecule has 2 heterocycles. The number of benzene rings is 4. The maximum atomic E-state index is 13.9. The Labute approximate surface area is 325 Å². The van der Waals surface area contributed by atoms with Crippen molar-refractivity contribution in [2.45, 2.75) is 38.6 Å². The second-order valence-corrected chi connectivity index (χ2v) is 13.4. The van der Waals surface area contributed by atoms with E-state index in [1.165, 1.54) is 53.4 Å². The van der Waals surface area contributed by atoms with Crippen LogP contribution in [0.1, 0.15) is 75.2 Å². The van der Waals surface area contributed by atoms with Gasteiger partial charge in [-0.3, -0.25) is 14.4 Å². The van der Waals surface area contributed by atoms with Crippen LogP contribution in [0.2, 0.25) is 0 Å². The molecule has 1 N–H and O–H groups in total. The predicted molar refractivity (Wildman–Crippen MR) is 195 cm³/mol. The summed E-state index contributed by atoms with van der Waals surface area (Å²) in [5.41, 5.74) is -1.16. The molecule has 1 aliphatic carbocycles. The Morgan fingerprint density at radius 2 is 1.46 bits per heavy atom. The molecule has 2 aliphatic heterocycles. The van der Waals surface area contributed by atoms with Gasteiger partial charge < -0.3 is 47.8 Å². The fraction of sp³-hybridized carbons (Fsp3) is 0.293. The lowest BCUT2D eigenvalue weighted by atomic mass is 9.71. The van der Waals surface area contributed by atoms with Gasteiger partial charge in [-0.15, -0.1) is 0 Å². The number of hydroxylamine groups is 2. The summed E-state index contributed by atoms with van der Waals surface area (Å²) in [4.78, 5) is 71.3. The molecular formula is C41H37NO15. The van der Waals surface area contributed by atoms with Gasteiger partial charge >= 0.3 is 17.9 Å². The van der Waals surface area contributed by atoms with Gasteiger partial charge in [0.15, 0.2) is 35.7 Å². The summed E-state index contributed by atoms with van der Waals surface area (Å²) in [6.07, 6.45) is -2.84. The lowest BCUT2D eigenvalue weighted by molar-refractivity contribution is -0.176. The molecule has 4 aromatic carbocycles. The Morgan fingerprint density at radius 1 is 0.825 bits per heavy atom. The Hall–Kier alpha value is -6.81. The molecule has 57 heavy (non-hydrogen) atoms. The number of rotatable bonds is 10. The predicted octanol–water partition coefficient (Wildman–Crippen LogP) is 5.14. The quantitative estimate of drug-likeness (QED) is 0.164. The molecule has 16 nitrogen and oxygen atoms in total. The lowest BCUT2D eigenvalue weighted by Crippen LogP contribution is -2.46. The Morgan fingerprint density at radius 3 is 2.07 bits per heavy atom. The number of imide groups is 1. The number of carbonyl (C=O) groups excluding carboxylic acids is 5. The van der Waals surface area contributed by atoms with E-state index in [9.17, 15) is 29.1 Å². The first-order valence-electron chi connectivity index (χ1n) is 17.6. The first kappa shape index (κ1) is 38.5. The Bertz CT molecular complexity index is 2270. The van der Waals surface area contributed by atoms with E-state index in [4.69, 9.17) is 42.7 Å². The zero-order valence-corrected chi connectivity index (χ0v) is 31.6. The summed E-state index contributed by atoms with van der Waals surface area (Å²) in [6.45, 7) is 3.02. The van der Waals surface area contributed by atoms with Gasteiger partial charge in [0.25, 0.3) is 11.8 Å². The van der Waals surface area contributed by atoms with Gasteiger partial charge in [-0.05, 0) is 43.3 Å². The first-order valence-corrected chi connectivity index (χ1v) is 17.6. The van der Waals surface area contributed by atoms with E-state index in [-0.39, 0.29) is 80.2 Å². The van der Waals surface area contributed by atoms with Gasteiger partial charge in [0, 0.05) is 35.1 Å². The van der Waals surface area contributed by atoms with Crippen LogP contribution in [0.4, 0.5) is 0 Å². The van der Waals surface area contributed by atoms with Crippen LogP contribution in [-0.2, 0) is 23.9 Å². The minimum atomic E-state index is -1.99. The number of esters is 2. The molecule has 0 bridgehead atoms. The summed E-state index contributed by atoms with van der Waals surface area (Å²) in [5.74, 6) is -5.26. The van der Waals surface area contributed by atoms with Crippen molar-refractivity contribution in [3.8, 4) is 45.6 Å². The van der Waals surface area contributed by atoms with Crippen molar-refractivity contribution in [3.05, 3.63) is 94.5 Å². The lowest BCUT2D eigenvalue weighted by Gasteiger charge is -2.43. The van der Waals surface area contributed by atoms with Gasteiger partial charge in [-0.1, -0.05) is 42.3 Å². The van der Waals surface area contributed by atoms with Crippen LogP contribution in [0.25, 0.3) is 11.1 Å². The maximum absolute atomic E-state index is 13.9. The Kier molecular flexibility index (Phi) is 10.1. The first-order chi connectivity index (χ1) is 27.3. The van der Waals surface area contributed by atoms with Gasteiger partial charge in [-0.2, -0.15) is 0 Å². The molecular weight excluding hydrogens is 746 g/mol. The summed E-state index contributed by atoms with van der Waals surface area (Å²) in [5, 5.41) is 12.9. The molecule has 0 aromatic heterocycles. The number of ether oxygens (including phenoxy) is 8. The van der Waals surface area contributed by atoms with E-state index < -0.39 is 60.1 Å². The highest BCUT2D eigenvalue weighted by Crippen LogP contribution is 2.61. The Balaban J connectivity index is 1.45. The van der Waals surface area contributed by atoms with Gasteiger partial charge in [0.2, 0.25) is 18.3 Å². The van der Waals surface area contributed by atoms with Gasteiger partial charge in [0.1, 0.15) is 11.7 Å². The average Bonchev–Trinajstić information content (AvgIpc) is 3.78. The highest BCUT2D eigenvalue weighted by molar-refractivity contribution is 6.20. The van der Waals surface area contributed by atoms with E-state index >= 15 is 0 Å². The topological polar surface area (TPSA) is 192 Å². The monoisotopic (exact) mass is 783 g/mol. The highest BCUT2D eigenvalue weighted by Gasteiger charge is 2.52. The molecule has 0 unspecified atom stereocenters. The standard InChI is InChI=1S/C41H37NO15/c1-20-32(56-40(47)22-12-8-7-9-13-22)25-16-28-34(54-19-53-28)36(52-18-29(44)57-42-38(45)23-14-10-11-15-24(23)39(42)46)30(25)31-26(37(41(20,3)48)55-21(2)43)17-27(49-4)33(50-5)35(31)51-6/h7-17,20,32,37,48H,18-19H2,1-6H3/t20-,32+,37-,41-/m0/s1. The van der Waals surface area contributed by atoms with Crippen molar-refractivity contribution in [1.29, 1.82) is 0 Å². The largest absolute Gasteiger partial charge is 0.493 e. The molecule has 16 heteroatoms. The third kappa shape index (κ3) is 6.56. The van der Waals surface area contributed by atoms with Crippen molar-refractivity contribution >= 4 is 29.7 Å². The van der Waals surface area contributed by atoms with E-state index in [2.05, 4.69) is 0 Å². The van der Waals surface area contributed by atoms with Crippen LogP contribution in [-0.4, -0.2) is 80.2 Å². The minimum absolute atomic E-state index is 0.000979. The SMILES string of the molecule is COc1cc2c(c(OC)c1OC)-c1c(cc3c(c1OCC(=O)ON1C(=O)c4ccccc4C1=O)OCO3)[C@H](OC(=O)c1ccccc1)[C@H](C)[C@](C)(O)[C@H]2OC(C)=O. The molecule has 3 aliphatic rings. The van der Waals surface area contributed by atoms with Crippen molar-refractivity contribution in [2.24, 2.45) is 5.92 Å². The smallest absolute Gasteiger partial charge is 0.370 e. The third-order valence-corrected chi connectivity index (χ3v) is 10.1. The zero-order chi connectivity index (χ0) is 40.8. The molecule has 0 fully saturated rings. The fourth-order valence-electron chi connectivity index (χ4n) is 7.20. The zero-order valence-electron chi connectivity index (χ0n) is 31.6. The fourth-order valence-corrected chi connectivity index (χ4v) is 7.20. The summed E-state index contributed by atoms with van der Waals surface area (Å²) < 4.78 is 47.5. The third-order valence-electron chi connectivity index (χ3n) is 10.1. The number of nitrogens with zero attached hydrogens (tertiary/aromatic N) is 1. The van der Waals surface area contributed by atoms with Crippen LogP contribution >= 0.6 is 0 Å². The number of fused-ring (bicyclic) bond motifs is 5. The number of amides is 2. The van der Waals surface area contributed by atoms with Crippen molar-refractivity contribution in [2.75, 3.05) is 34.7 Å². The normalized spacial score (nSPS) is 20.3. The van der Waals surface area contributed by atoms with Crippen LogP contribution in [0.5, 0.6) is 34.5 Å². The van der Waals surface area contributed by atoms with E-state index in [0.29, 0.717) is 5.06 Å². The minimum Gasteiger partial charge on any atom is -0.493 e. The summed E-state index contributed by atoms with van der Waals surface area (Å²) >= 11 is 0. The highest BCUT2D eigenvalue weighted by atomic mass is 16.7. The molecule has 4 aromatic rings. The van der Waals surface area contributed by atoms with E-state index in [1.54, 1.807) is 55.5 Å². The number of hydrogen-bond acceptors (Lipinski definition) is 15. The van der Waals surface area contributed by atoms with Crippen molar-refractivity contribution in [1.82, 2.24) is 5.06 Å². The summed E-state index contributed by atoms with van der Waals surface area (Å²) in [7, 11) is 4.10. The van der Waals surface area contributed by atoms with Gasteiger partial charge in [-0.25, -0.2) is 9.59 Å². The maximum Gasteiger partial charge on any atom is 0.370 e. The van der Waals surface area contributed by atoms with Crippen LogP contribution in [0, 0.1) is 5.92 Å². The average molecular weight is 784 g/mol. The molecule has 0 spiro atoms. The molecule has 7 rings (SSSR count). The van der Waals surface area contributed by atoms with Crippen LogP contribution < -0.4 is 28.4 Å². The van der Waals surface area contributed by atoms with Crippen molar-refractivity contribution < 1.29 is 71.8 Å².